The number of nitrogens with zero attached hydrogens (tertiary/aromatic N) is 3. The van der Waals surface area contributed by atoms with Crippen molar-refractivity contribution >= 4 is 5.91 Å². The number of amides is 1. The number of piperazine rings is 1. The highest BCUT2D eigenvalue weighted by Crippen LogP contribution is 2.59. The van der Waals surface area contributed by atoms with Gasteiger partial charge in [0.15, 0.2) is 0 Å². The van der Waals surface area contributed by atoms with Crippen LogP contribution in [-0.2, 0) is 4.79 Å². The van der Waals surface area contributed by atoms with Crippen LogP contribution in [-0.4, -0.2) is 72.5 Å². The summed E-state index contributed by atoms with van der Waals surface area (Å²) in [6.07, 6.45) is 2.75. The Morgan fingerprint density at radius 1 is 1.22 bits per heavy atom. The van der Waals surface area contributed by atoms with Crippen molar-refractivity contribution in [2.45, 2.75) is 38.8 Å². The molecule has 1 saturated carbocycles. The molecule has 4 heteroatoms. The molecule has 2 unspecified atom stereocenters. The Morgan fingerprint density at radius 2 is 1.89 bits per heavy atom. The topological polar surface area (TPSA) is 26.8 Å². The monoisotopic (exact) mass is 251 g/mol. The minimum absolute atomic E-state index is 0.228. The van der Waals surface area contributed by atoms with E-state index in [0.29, 0.717) is 5.41 Å². The van der Waals surface area contributed by atoms with Crippen molar-refractivity contribution < 1.29 is 4.79 Å². The molecule has 3 rings (SSSR count). The standard InChI is InChI=1S/C14H25N3O/c1-11-8-14(9-13(14)15(11)3)10-16-4-6-17(7-5-16)12(2)18/h11,13H,4-10H2,1-3H3/t11?,13?,14-/m1/s1. The minimum atomic E-state index is 0.228. The van der Waals surface area contributed by atoms with Gasteiger partial charge >= 0.3 is 0 Å². The molecule has 3 fully saturated rings. The van der Waals surface area contributed by atoms with Crippen LogP contribution in [0.5, 0.6) is 0 Å². The van der Waals surface area contributed by atoms with Crippen molar-refractivity contribution in [3.63, 3.8) is 0 Å². The number of piperidine rings is 1. The van der Waals surface area contributed by atoms with Crippen LogP contribution >= 0.6 is 0 Å². The summed E-state index contributed by atoms with van der Waals surface area (Å²) in [5.74, 6) is 0.228. The first-order valence-corrected chi connectivity index (χ1v) is 7.22. The van der Waals surface area contributed by atoms with Gasteiger partial charge in [-0.1, -0.05) is 0 Å². The molecule has 2 heterocycles. The SMILES string of the molecule is CC(=O)N1CCN(C[C@]23CC(C)N(C)C2C3)CC1. The summed E-state index contributed by atoms with van der Waals surface area (Å²) >= 11 is 0. The molecule has 0 N–H and O–H groups in total. The average molecular weight is 251 g/mol. The Balaban J connectivity index is 1.53. The fourth-order valence-corrected chi connectivity index (χ4v) is 4.06. The molecular formula is C14H25N3O. The molecule has 102 valence electrons. The van der Waals surface area contributed by atoms with Gasteiger partial charge in [-0.2, -0.15) is 0 Å². The van der Waals surface area contributed by atoms with E-state index < -0.39 is 0 Å². The van der Waals surface area contributed by atoms with Crippen molar-refractivity contribution in [3.05, 3.63) is 0 Å². The summed E-state index contributed by atoms with van der Waals surface area (Å²) in [5.41, 5.74) is 0.590. The van der Waals surface area contributed by atoms with E-state index in [1.807, 2.05) is 4.90 Å². The van der Waals surface area contributed by atoms with E-state index >= 15 is 0 Å². The van der Waals surface area contributed by atoms with Crippen LogP contribution in [0, 0.1) is 5.41 Å². The van der Waals surface area contributed by atoms with Gasteiger partial charge in [0.2, 0.25) is 5.91 Å². The molecule has 0 bridgehead atoms. The van der Waals surface area contributed by atoms with Gasteiger partial charge in [0.05, 0.1) is 0 Å². The van der Waals surface area contributed by atoms with Crippen LogP contribution in [0.4, 0.5) is 0 Å². The van der Waals surface area contributed by atoms with E-state index in [4.69, 9.17) is 0 Å². The molecule has 18 heavy (non-hydrogen) atoms. The smallest absolute Gasteiger partial charge is 0.219 e. The van der Waals surface area contributed by atoms with Gasteiger partial charge < -0.3 is 9.80 Å². The summed E-state index contributed by atoms with van der Waals surface area (Å²) in [7, 11) is 2.28. The van der Waals surface area contributed by atoms with Gasteiger partial charge in [-0.05, 0) is 26.8 Å². The third-order valence-corrected chi connectivity index (χ3v) is 5.39. The Bertz CT molecular complexity index is 351. The Labute approximate surface area is 110 Å². The number of hydrogen-bond acceptors (Lipinski definition) is 3. The number of likely N-dealkylation sites (tertiary alicyclic amines) is 1. The van der Waals surface area contributed by atoms with Gasteiger partial charge in [-0.15, -0.1) is 0 Å². The Kier molecular flexibility index (Phi) is 2.90. The van der Waals surface area contributed by atoms with Crippen LogP contribution in [0.15, 0.2) is 0 Å². The van der Waals surface area contributed by atoms with Crippen molar-refractivity contribution in [2.75, 3.05) is 39.8 Å². The molecule has 0 radical (unpaired) electrons. The highest BCUT2D eigenvalue weighted by molar-refractivity contribution is 5.73. The predicted octanol–water partition coefficient (Wildman–Crippen LogP) is 0.633. The second kappa shape index (κ2) is 4.20. The van der Waals surface area contributed by atoms with Crippen LogP contribution in [0.25, 0.3) is 0 Å². The summed E-state index contributed by atoms with van der Waals surface area (Å²) in [6.45, 7) is 9.24. The largest absolute Gasteiger partial charge is 0.340 e. The number of carbonyl (C=O) groups excluding carboxylic acids is 1. The summed E-state index contributed by atoms with van der Waals surface area (Å²) in [4.78, 5) is 18.4. The Hall–Kier alpha value is -0.610. The van der Waals surface area contributed by atoms with E-state index in [1.165, 1.54) is 19.4 Å². The third kappa shape index (κ3) is 1.95. The molecular weight excluding hydrogens is 226 g/mol. The first-order chi connectivity index (χ1) is 8.52. The van der Waals surface area contributed by atoms with Crippen molar-refractivity contribution in [2.24, 2.45) is 5.41 Å². The Morgan fingerprint density at radius 3 is 2.39 bits per heavy atom. The van der Waals surface area contributed by atoms with E-state index in [2.05, 4.69) is 23.8 Å². The number of carbonyl (C=O) groups is 1. The van der Waals surface area contributed by atoms with Gasteiger partial charge in [0.25, 0.3) is 0 Å². The first kappa shape index (κ1) is 12.4. The van der Waals surface area contributed by atoms with Gasteiger partial charge in [-0.3, -0.25) is 9.69 Å². The number of hydrogen-bond donors (Lipinski definition) is 0. The maximum atomic E-state index is 11.3. The van der Waals surface area contributed by atoms with Crippen LogP contribution in [0.1, 0.15) is 26.7 Å². The molecule has 0 aromatic rings. The number of fused-ring (bicyclic) bond motifs is 1. The lowest BCUT2D eigenvalue weighted by Crippen LogP contribution is -2.49. The van der Waals surface area contributed by atoms with Gasteiger partial charge in [0.1, 0.15) is 0 Å². The molecule has 2 saturated heterocycles. The van der Waals surface area contributed by atoms with Crippen LogP contribution in [0.3, 0.4) is 0 Å². The molecule has 0 aromatic heterocycles. The molecule has 3 atom stereocenters. The molecule has 3 aliphatic rings. The zero-order valence-electron chi connectivity index (χ0n) is 11.9. The second-order valence-corrected chi connectivity index (χ2v) is 6.58. The maximum Gasteiger partial charge on any atom is 0.219 e. The molecule has 2 aliphatic heterocycles. The van der Waals surface area contributed by atoms with E-state index in [1.54, 1.807) is 6.92 Å². The second-order valence-electron chi connectivity index (χ2n) is 6.58. The van der Waals surface area contributed by atoms with Crippen molar-refractivity contribution in [1.29, 1.82) is 0 Å². The van der Waals surface area contributed by atoms with Gasteiger partial charge in [0, 0.05) is 57.1 Å². The average Bonchev–Trinajstić information content (AvgIpc) is 2.96. The van der Waals surface area contributed by atoms with Crippen LogP contribution < -0.4 is 0 Å². The zero-order chi connectivity index (χ0) is 12.9. The summed E-state index contributed by atoms with van der Waals surface area (Å²) in [6, 6.07) is 1.58. The van der Waals surface area contributed by atoms with Crippen molar-refractivity contribution in [3.8, 4) is 0 Å². The minimum Gasteiger partial charge on any atom is -0.340 e. The molecule has 4 nitrogen and oxygen atoms in total. The lowest BCUT2D eigenvalue weighted by atomic mass is 9.99. The molecule has 0 spiro atoms. The third-order valence-electron chi connectivity index (χ3n) is 5.39. The van der Waals surface area contributed by atoms with E-state index in [0.717, 1.165) is 38.3 Å². The lowest BCUT2D eigenvalue weighted by Gasteiger charge is -2.36. The fraction of sp³-hybridized carbons (Fsp3) is 0.929. The fourth-order valence-electron chi connectivity index (χ4n) is 4.06. The molecule has 1 aliphatic carbocycles. The lowest BCUT2D eigenvalue weighted by molar-refractivity contribution is -0.130. The highest BCUT2D eigenvalue weighted by Gasteiger charge is 2.62. The first-order valence-electron chi connectivity index (χ1n) is 7.22. The van der Waals surface area contributed by atoms with Crippen molar-refractivity contribution in [1.82, 2.24) is 14.7 Å². The summed E-state index contributed by atoms with van der Waals surface area (Å²) in [5, 5.41) is 0. The van der Waals surface area contributed by atoms with E-state index in [9.17, 15) is 4.79 Å². The molecule has 1 amide bonds. The quantitative estimate of drug-likeness (QED) is 0.720. The van der Waals surface area contributed by atoms with E-state index in [-0.39, 0.29) is 5.91 Å². The summed E-state index contributed by atoms with van der Waals surface area (Å²) < 4.78 is 0. The molecule has 0 aromatic carbocycles. The maximum absolute atomic E-state index is 11.3. The predicted molar refractivity (Wildman–Crippen MR) is 71.4 cm³/mol. The van der Waals surface area contributed by atoms with Gasteiger partial charge in [-0.25, -0.2) is 0 Å². The van der Waals surface area contributed by atoms with Crippen LogP contribution in [0.2, 0.25) is 0 Å². The normalized spacial score (nSPS) is 40.9. The number of rotatable bonds is 2. The highest BCUT2D eigenvalue weighted by atomic mass is 16.2. The zero-order valence-corrected chi connectivity index (χ0v) is 11.9.